The van der Waals surface area contributed by atoms with Gasteiger partial charge in [-0.3, -0.25) is 4.79 Å². The molecule has 0 N–H and O–H groups in total. The van der Waals surface area contributed by atoms with Crippen molar-refractivity contribution in [2.75, 3.05) is 7.11 Å². The maximum Gasteiger partial charge on any atom is 0.318 e. The zero-order valence-corrected chi connectivity index (χ0v) is 7.53. The molecule has 0 spiro atoms. The molecule has 0 radical (unpaired) electrons. The van der Waals surface area contributed by atoms with Crippen LogP contribution < -0.4 is 9.47 Å². The molecule has 0 fully saturated rings. The molecule has 0 bridgehead atoms. The highest BCUT2D eigenvalue weighted by Gasteiger charge is 2.29. The molecule has 1 unspecified atom stereocenters. The highest BCUT2D eigenvalue weighted by Crippen LogP contribution is 2.36. The fraction of sp³-hybridized carbons (Fsp3) is 0.300. The van der Waals surface area contributed by atoms with Gasteiger partial charge in [0.2, 0.25) is 0 Å². The van der Waals surface area contributed by atoms with Crippen molar-refractivity contribution in [3.8, 4) is 11.5 Å². The average molecular weight is 178 g/mol. The van der Waals surface area contributed by atoms with E-state index in [2.05, 4.69) is 0 Å². The van der Waals surface area contributed by atoms with E-state index in [9.17, 15) is 4.79 Å². The fourth-order valence-electron chi connectivity index (χ4n) is 1.41. The van der Waals surface area contributed by atoms with Crippen LogP contribution in [0.1, 0.15) is 18.4 Å². The Morgan fingerprint density at radius 1 is 1.46 bits per heavy atom. The van der Waals surface area contributed by atoms with Gasteiger partial charge in [0, 0.05) is 5.56 Å². The van der Waals surface area contributed by atoms with Gasteiger partial charge >= 0.3 is 5.97 Å². The van der Waals surface area contributed by atoms with Crippen LogP contribution in [0.4, 0.5) is 0 Å². The minimum atomic E-state index is -0.191. The molecule has 3 heteroatoms. The van der Waals surface area contributed by atoms with Crippen LogP contribution in [0.15, 0.2) is 18.2 Å². The summed E-state index contributed by atoms with van der Waals surface area (Å²) in [5.41, 5.74) is 0.907. The Kier molecular flexibility index (Phi) is 1.72. The van der Waals surface area contributed by atoms with Gasteiger partial charge in [-0.15, -0.1) is 0 Å². The van der Waals surface area contributed by atoms with E-state index >= 15 is 0 Å². The van der Waals surface area contributed by atoms with Crippen molar-refractivity contribution < 1.29 is 14.3 Å². The third-order valence-corrected chi connectivity index (χ3v) is 2.25. The number of hydrogen-bond acceptors (Lipinski definition) is 3. The summed E-state index contributed by atoms with van der Waals surface area (Å²) in [5.74, 6) is 1.04. The Balaban J connectivity index is 2.47. The molecule has 0 amide bonds. The molecule has 1 aliphatic rings. The SMILES string of the molecule is COc1ccc2c(c1)C(C)C(=O)O2. The Morgan fingerprint density at radius 3 is 2.92 bits per heavy atom. The Bertz CT molecular complexity index is 357. The fourth-order valence-corrected chi connectivity index (χ4v) is 1.41. The van der Waals surface area contributed by atoms with E-state index in [1.54, 1.807) is 19.2 Å². The van der Waals surface area contributed by atoms with Crippen LogP contribution in [-0.4, -0.2) is 13.1 Å². The minimum Gasteiger partial charge on any atom is -0.497 e. The maximum absolute atomic E-state index is 11.2. The number of ether oxygens (including phenoxy) is 2. The maximum atomic E-state index is 11.2. The lowest BCUT2D eigenvalue weighted by atomic mass is 10.0. The molecule has 3 nitrogen and oxygen atoms in total. The molecule has 0 aliphatic carbocycles. The molecule has 1 aliphatic heterocycles. The number of esters is 1. The third-order valence-electron chi connectivity index (χ3n) is 2.25. The first-order valence-corrected chi connectivity index (χ1v) is 4.12. The molecular formula is C10H10O3. The van der Waals surface area contributed by atoms with Crippen molar-refractivity contribution in [1.29, 1.82) is 0 Å². The zero-order valence-electron chi connectivity index (χ0n) is 7.53. The van der Waals surface area contributed by atoms with E-state index in [4.69, 9.17) is 9.47 Å². The van der Waals surface area contributed by atoms with E-state index in [1.165, 1.54) is 0 Å². The summed E-state index contributed by atoms with van der Waals surface area (Å²) in [7, 11) is 1.60. The molecule has 0 saturated heterocycles. The van der Waals surface area contributed by atoms with Crippen LogP contribution in [0.3, 0.4) is 0 Å². The first-order valence-electron chi connectivity index (χ1n) is 4.12. The van der Waals surface area contributed by atoms with Gasteiger partial charge in [0.05, 0.1) is 13.0 Å². The predicted molar refractivity (Wildman–Crippen MR) is 47.0 cm³/mol. The standard InChI is InChI=1S/C10H10O3/c1-6-8-5-7(12-2)3-4-9(8)13-10(6)11/h3-6H,1-2H3. The second-order valence-electron chi connectivity index (χ2n) is 3.05. The van der Waals surface area contributed by atoms with Crippen LogP contribution in [0.2, 0.25) is 0 Å². The second kappa shape index (κ2) is 2.76. The minimum absolute atomic E-state index is 0.176. The Hall–Kier alpha value is -1.51. The quantitative estimate of drug-likeness (QED) is 0.485. The summed E-state index contributed by atoms with van der Waals surface area (Å²) >= 11 is 0. The smallest absolute Gasteiger partial charge is 0.318 e. The van der Waals surface area contributed by atoms with Crippen molar-refractivity contribution in [2.45, 2.75) is 12.8 Å². The van der Waals surface area contributed by atoms with Crippen LogP contribution in [0.5, 0.6) is 11.5 Å². The van der Waals surface area contributed by atoms with Crippen LogP contribution in [0.25, 0.3) is 0 Å². The number of fused-ring (bicyclic) bond motifs is 1. The van der Waals surface area contributed by atoms with Gasteiger partial charge < -0.3 is 9.47 Å². The summed E-state index contributed by atoms with van der Waals surface area (Å²) in [6.45, 7) is 1.83. The highest BCUT2D eigenvalue weighted by molar-refractivity contribution is 5.85. The number of methoxy groups -OCH3 is 1. The van der Waals surface area contributed by atoms with Crippen LogP contribution in [0, 0.1) is 0 Å². The lowest BCUT2D eigenvalue weighted by Gasteiger charge is -2.02. The normalized spacial score (nSPS) is 19.5. The molecule has 0 aromatic heterocycles. The predicted octanol–water partition coefficient (Wildman–Crippen LogP) is 1.72. The molecule has 1 heterocycles. The molecule has 13 heavy (non-hydrogen) atoms. The van der Waals surface area contributed by atoms with Crippen LogP contribution >= 0.6 is 0 Å². The van der Waals surface area contributed by atoms with Gasteiger partial charge in [-0.2, -0.15) is 0 Å². The van der Waals surface area contributed by atoms with E-state index in [1.807, 2.05) is 13.0 Å². The molecule has 0 saturated carbocycles. The number of rotatable bonds is 1. The van der Waals surface area contributed by atoms with Gasteiger partial charge in [0.1, 0.15) is 11.5 Å². The van der Waals surface area contributed by atoms with Gasteiger partial charge in [0.25, 0.3) is 0 Å². The molecule has 68 valence electrons. The highest BCUT2D eigenvalue weighted by atomic mass is 16.5. The summed E-state index contributed by atoms with van der Waals surface area (Å²) in [4.78, 5) is 11.2. The van der Waals surface area contributed by atoms with Gasteiger partial charge in [0.15, 0.2) is 0 Å². The topological polar surface area (TPSA) is 35.5 Å². The summed E-state index contributed by atoms with van der Waals surface area (Å²) in [6, 6.07) is 5.38. The second-order valence-corrected chi connectivity index (χ2v) is 3.05. The molecular weight excluding hydrogens is 168 g/mol. The van der Waals surface area contributed by atoms with E-state index in [0.717, 1.165) is 11.3 Å². The summed E-state index contributed by atoms with van der Waals surface area (Å²) < 4.78 is 10.1. The molecule has 1 atom stereocenters. The Morgan fingerprint density at radius 2 is 2.23 bits per heavy atom. The molecule has 2 rings (SSSR count). The van der Waals surface area contributed by atoms with E-state index in [-0.39, 0.29) is 11.9 Å². The van der Waals surface area contributed by atoms with E-state index in [0.29, 0.717) is 5.75 Å². The average Bonchev–Trinajstić information content (AvgIpc) is 2.43. The summed E-state index contributed by atoms with van der Waals surface area (Å²) in [5, 5.41) is 0. The lowest BCUT2D eigenvalue weighted by molar-refractivity contribution is -0.133. The summed E-state index contributed by atoms with van der Waals surface area (Å²) in [6.07, 6.45) is 0. The monoisotopic (exact) mass is 178 g/mol. The first kappa shape index (κ1) is 8.10. The van der Waals surface area contributed by atoms with Gasteiger partial charge in [-0.1, -0.05) is 0 Å². The van der Waals surface area contributed by atoms with Gasteiger partial charge in [-0.25, -0.2) is 0 Å². The molecule has 1 aromatic carbocycles. The van der Waals surface area contributed by atoms with Crippen molar-refractivity contribution in [3.05, 3.63) is 23.8 Å². The third kappa shape index (κ3) is 1.16. The largest absolute Gasteiger partial charge is 0.497 e. The van der Waals surface area contributed by atoms with E-state index < -0.39 is 0 Å². The van der Waals surface area contributed by atoms with Crippen LogP contribution in [-0.2, 0) is 4.79 Å². The lowest BCUT2D eigenvalue weighted by Crippen LogP contribution is -2.05. The number of hydrogen-bond donors (Lipinski definition) is 0. The van der Waals surface area contributed by atoms with Crippen molar-refractivity contribution in [1.82, 2.24) is 0 Å². The number of carbonyl (C=O) groups excluding carboxylic acids is 1. The first-order chi connectivity index (χ1) is 6.22. The number of carbonyl (C=O) groups is 1. The van der Waals surface area contributed by atoms with Gasteiger partial charge in [-0.05, 0) is 25.1 Å². The zero-order chi connectivity index (χ0) is 9.42. The van der Waals surface area contributed by atoms with Crippen molar-refractivity contribution in [3.63, 3.8) is 0 Å². The number of benzene rings is 1. The van der Waals surface area contributed by atoms with Crippen molar-refractivity contribution in [2.24, 2.45) is 0 Å². The van der Waals surface area contributed by atoms with Crippen molar-refractivity contribution >= 4 is 5.97 Å². The molecule has 1 aromatic rings. The Labute approximate surface area is 76.3 Å².